The summed E-state index contributed by atoms with van der Waals surface area (Å²) in [5.74, 6) is 0.766. The van der Waals surface area contributed by atoms with Gasteiger partial charge >= 0.3 is 0 Å². The molecule has 0 spiro atoms. The number of nitrogens with zero attached hydrogens (tertiary/aromatic N) is 4. The van der Waals surface area contributed by atoms with Crippen molar-refractivity contribution in [2.24, 2.45) is 5.10 Å². The van der Waals surface area contributed by atoms with Gasteiger partial charge in [0.2, 0.25) is 11.1 Å². The van der Waals surface area contributed by atoms with Crippen LogP contribution < -0.4 is 5.43 Å². The monoisotopic (exact) mass is 298 g/mol. The zero-order valence-corrected chi connectivity index (χ0v) is 12.3. The summed E-state index contributed by atoms with van der Waals surface area (Å²) < 4.78 is 0. The molecule has 0 atom stereocenters. The van der Waals surface area contributed by atoms with Gasteiger partial charge in [-0.05, 0) is 18.6 Å². The van der Waals surface area contributed by atoms with E-state index in [0.717, 1.165) is 11.3 Å². The van der Waals surface area contributed by atoms with Gasteiger partial charge in [0, 0.05) is 0 Å². The molecule has 1 aromatic carbocycles. The number of thioether (sulfide) groups is 1. The minimum Gasteiger partial charge on any atom is -0.245 e. The molecular weight excluding hydrogens is 284 g/mol. The highest BCUT2D eigenvalue weighted by atomic mass is 32.2. The Morgan fingerprint density at radius 3 is 3.05 bits per heavy atom. The van der Waals surface area contributed by atoms with E-state index >= 15 is 0 Å². The summed E-state index contributed by atoms with van der Waals surface area (Å²) in [5, 5.41) is 19.8. The average molecular weight is 298 g/mol. The highest BCUT2D eigenvalue weighted by molar-refractivity contribution is 7.99. The third-order valence-electron chi connectivity index (χ3n) is 2.39. The van der Waals surface area contributed by atoms with E-state index in [9.17, 15) is 0 Å². The number of hydrogen-bond donors (Lipinski definition) is 2. The first-order valence-electron chi connectivity index (χ1n) is 6.23. The summed E-state index contributed by atoms with van der Waals surface area (Å²) in [6.07, 6.45) is 3.89. The number of hydrazone groups is 1. The summed E-state index contributed by atoms with van der Waals surface area (Å²) in [5.41, 5.74) is 4.71. The molecule has 1 aromatic heterocycles. The van der Waals surface area contributed by atoms with E-state index in [1.165, 1.54) is 11.8 Å². The lowest BCUT2D eigenvalue weighted by Crippen LogP contribution is -1.95. The molecule has 0 aliphatic heterocycles. The van der Waals surface area contributed by atoms with Gasteiger partial charge in [-0.15, -0.1) is 5.10 Å². The molecule has 6 nitrogen and oxygen atoms in total. The molecule has 0 fully saturated rings. The first kappa shape index (κ1) is 14.8. The van der Waals surface area contributed by atoms with Gasteiger partial charge < -0.3 is 0 Å². The second-order valence-corrected chi connectivity index (χ2v) is 4.96. The maximum absolute atomic E-state index is 8.48. The van der Waals surface area contributed by atoms with Crippen LogP contribution in [0.4, 0.5) is 5.95 Å². The first-order valence-corrected chi connectivity index (χ1v) is 7.22. The van der Waals surface area contributed by atoms with Crippen LogP contribution in [0.25, 0.3) is 6.08 Å². The van der Waals surface area contributed by atoms with Gasteiger partial charge in [-0.1, -0.05) is 48.2 Å². The summed E-state index contributed by atoms with van der Waals surface area (Å²) >= 11 is 1.27. The van der Waals surface area contributed by atoms with Crippen molar-refractivity contribution in [3.05, 3.63) is 42.0 Å². The highest BCUT2D eigenvalue weighted by Gasteiger charge is 2.01. The Bertz CT molecular complexity index is 668. The summed E-state index contributed by atoms with van der Waals surface area (Å²) in [6.45, 7) is 1.88. The van der Waals surface area contributed by atoms with Gasteiger partial charge in [0.25, 0.3) is 0 Å². The zero-order valence-electron chi connectivity index (χ0n) is 11.4. The van der Waals surface area contributed by atoms with Crippen LogP contribution in [0.15, 0.2) is 46.7 Å². The van der Waals surface area contributed by atoms with Crippen molar-refractivity contribution in [2.75, 3.05) is 11.2 Å². The number of nitriles is 1. The highest BCUT2D eigenvalue weighted by Crippen LogP contribution is 2.12. The zero-order chi connectivity index (χ0) is 14.9. The largest absolute Gasteiger partial charge is 0.245 e. The maximum Gasteiger partial charge on any atom is 0.240 e. The Kier molecular flexibility index (Phi) is 5.55. The van der Waals surface area contributed by atoms with Crippen molar-refractivity contribution in [1.29, 1.82) is 5.26 Å². The lowest BCUT2D eigenvalue weighted by molar-refractivity contribution is 0.975. The Balaban J connectivity index is 1.90. The number of aromatic amines is 1. The topological polar surface area (TPSA) is 89.8 Å². The summed E-state index contributed by atoms with van der Waals surface area (Å²) in [4.78, 5) is 4.14. The van der Waals surface area contributed by atoms with Crippen molar-refractivity contribution >= 4 is 29.5 Å². The normalized spacial score (nSPS) is 11.5. The molecule has 0 saturated heterocycles. The molecule has 21 heavy (non-hydrogen) atoms. The van der Waals surface area contributed by atoms with Gasteiger partial charge in [0.1, 0.15) is 0 Å². The van der Waals surface area contributed by atoms with Crippen LogP contribution in [0.5, 0.6) is 0 Å². The molecule has 0 unspecified atom stereocenters. The van der Waals surface area contributed by atoms with Crippen molar-refractivity contribution in [3.63, 3.8) is 0 Å². The minimum atomic E-state index is 0.319. The molecule has 1 heterocycles. The smallest absolute Gasteiger partial charge is 0.240 e. The maximum atomic E-state index is 8.48. The number of rotatable bonds is 6. The lowest BCUT2D eigenvalue weighted by atomic mass is 10.2. The van der Waals surface area contributed by atoms with E-state index in [0.29, 0.717) is 16.9 Å². The Morgan fingerprint density at radius 2 is 2.29 bits per heavy atom. The summed E-state index contributed by atoms with van der Waals surface area (Å²) in [6, 6.07) is 12.0. The number of allylic oxidation sites excluding steroid dienone is 1. The van der Waals surface area contributed by atoms with Crippen LogP contribution in [0.1, 0.15) is 12.5 Å². The standard InChI is InChI=1S/C14H14N6S/c1-11(7-8-12-5-3-2-4-6-12)17-18-13-16-14(20-19-13)21-10-9-15/h2-8H,10H2,1H3,(H2,16,18,19,20)/b8-7+,17-11+. The van der Waals surface area contributed by atoms with Gasteiger partial charge in [-0.3, -0.25) is 0 Å². The Labute approximate surface area is 127 Å². The van der Waals surface area contributed by atoms with Crippen LogP contribution in [0.2, 0.25) is 0 Å². The van der Waals surface area contributed by atoms with E-state index in [-0.39, 0.29) is 0 Å². The third kappa shape index (κ3) is 5.12. The van der Waals surface area contributed by atoms with Crippen LogP contribution in [0, 0.1) is 11.3 Å². The Hall–Kier alpha value is -2.59. The fourth-order valence-electron chi connectivity index (χ4n) is 1.42. The SMILES string of the molecule is CC(/C=C/c1ccccc1)=N\Nc1nc(SCC#N)n[nH]1. The molecule has 7 heteroatoms. The van der Waals surface area contributed by atoms with Crippen molar-refractivity contribution in [2.45, 2.75) is 12.1 Å². The van der Waals surface area contributed by atoms with Crippen LogP contribution in [0.3, 0.4) is 0 Å². The fourth-order valence-corrected chi connectivity index (χ4v) is 1.88. The molecule has 106 valence electrons. The molecule has 2 aromatic rings. The van der Waals surface area contributed by atoms with Crippen LogP contribution in [-0.2, 0) is 0 Å². The van der Waals surface area contributed by atoms with Crippen molar-refractivity contribution < 1.29 is 0 Å². The van der Waals surface area contributed by atoms with Gasteiger partial charge in [0.05, 0.1) is 17.5 Å². The van der Waals surface area contributed by atoms with Gasteiger partial charge in [-0.2, -0.15) is 15.3 Å². The average Bonchev–Trinajstić information content (AvgIpc) is 2.98. The predicted octanol–water partition coefficient (Wildman–Crippen LogP) is 2.92. The number of aromatic nitrogens is 3. The molecule has 0 aliphatic carbocycles. The van der Waals surface area contributed by atoms with E-state index in [1.54, 1.807) is 0 Å². The number of nitrogens with one attached hydrogen (secondary N) is 2. The minimum absolute atomic E-state index is 0.319. The summed E-state index contributed by atoms with van der Waals surface area (Å²) in [7, 11) is 0. The molecule has 0 bridgehead atoms. The van der Waals surface area contributed by atoms with Crippen molar-refractivity contribution in [3.8, 4) is 6.07 Å². The molecular formula is C14H14N6S. The van der Waals surface area contributed by atoms with Crippen LogP contribution in [-0.4, -0.2) is 26.6 Å². The molecule has 0 saturated carbocycles. The molecule has 0 aliphatic rings. The van der Waals surface area contributed by atoms with Gasteiger partial charge in [0.15, 0.2) is 0 Å². The third-order valence-corrected chi connectivity index (χ3v) is 3.10. The number of hydrogen-bond acceptors (Lipinski definition) is 6. The van der Waals surface area contributed by atoms with Crippen LogP contribution >= 0.6 is 11.8 Å². The molecule has 0 radical (unpaired) electrons. The predicted molar refractivity (Wildman–Crippen MR) is 84.9 cm³/mol. The van der Waals surface area contributed by atoms with E-state index in [2.05, 4.69) is 25.7 Å². The quantitative estimate of drug-likeness (QED) is 0.486. The lowest BCUT2D eigenvalue weighted by Gasteiger charge is -1.95. The molecule has 0 amide bonds. The van der Waals surface area contributed by atoms with E-state index < -0.39 is 0 Å². The molecule has 2 rings (SSSR count). The number of anilines is 1. The van der Waals surface area contributed by atoms with E-state index in [1.807, 2.05) is 55.5 Å². The number of benzene rings is 1. The second kappa shape index (κ2) is 7.87. The fraction of sp³-hybridized carbons (Fsp3) is 0.143. The Morgan fingerprint density at radius 1 is 1.48 bits per heavy atom. The van der Waals surface area contributed by atoms with Crippen molar-refractivity contribution in [1.82, 2.24) is 15.2 Å². The van der Waals surface area contributed by atoms with E-state index in [4.69, 9.17) is 5.26 Å². The first-order chi connectivity index (χ1) is 10.3. The number of H-pyrrole nitrogens is 1. The second-order valence-electron chi connectivity index (χ2n) is 4.02. The van der Waals surface area contributed by atoms with Gasteiger partial charge in [-0.25, -0.2) is 10.5 Å². The molecule has 2 N–H and O–H groups in total.